The van der Waals surface area contributed by atoms with Crippen LogP contribution >= 0.6 is 0 Å². The van der Waals surface area contributed by atoms with Gasteiger partial charge in [0.1, 0.15) is 5.78 Å². The Morgan fingerprint density at radius 2 is 0.276 bits per heavy atom. The topological polar surface area (TPSA) is 17.1 Å². The summed E-state index contributed by atoms with van der Waals surface area (Å²) in [4.78, 5) is 12.3. The number of rotatable bonds is 54. The highest BCUT2D eigenvalue weighted by molar-refractivity contribution is 5.78. The van der Waals surface area contributed by atoms with Gasteiger partial charge in [0.2, 0.25) is 0 Å². The summed E-state index contributed by atoms with van der Waals surface area (Å²) in [7, 11) is 0. The van der Waals surface area contributed by atoms with Crippen LogP contribution in [-0.4, -0.2) is 5.78 Å². The lowest BCUT2D eigenvalue weighted by atomic mass is 10.0. The Morgan fingerprint density at radius 1 is 0.172 bits per heavy atom. The van der Waals surface area contributed by atoms with E-state index in [1.165, 1.54) is 321 Å². The zero-order valence-electron chi connectivity index (χ0n) is 41.1. The van der Waals surface area contributed by atoms with Crippen LogP contribution in [0.3, 0.4) is 0 Å². The minimum absolute atomic E-state index is 0.536. The van der Waals surface area contributed by atoms with Crippen LogP contribution < -0.4 is 0 Å². The Morgan fingerprint density at radius 3 is 0.397 bits per heavy atom. The van der Waals surface area contributed by atoms with E-state index >= 15 is 0 Å². The predicted molar refractivity (Wildman–Crippen MR) is 266 cm³/mol. The largest absolute Gasteiger partial charge is 0.300 e. The van der Waals surface area contributed by atoms with Crippen LogP contribution in [0.15, 0.2) is 0 Å². The SMILES string of the molecule is CCCCCCCCCCCCCCCCCCCCCCCCCCCCCCC(=O)CCCCCCCCCCCCCCCCCCCCCCCCCC. The molecule has 0 heterocycles. The molecule has 0 spiro atoms. The minimum atomic E-state index is 0.536. The van der Waals surface area contributed by atoms with Crippen LogP contribution in [0.25, 0.3) is 0 Å². The molecule has 0 saturated carbocycles. The quantitative estimate of drug-likeness (QED) is 0.0559. The number of Topliss-reactive ketones (excluding diaryl/α,β-unsaturated/α-hetero) is 1. The molecule has 0 bridgehead atoms. The van der Waals surface area contributed by atoms with Gasteiger partial charge in [-0.1, -0.05) is 335 Å². The first-order valence-electron chi connectivity index (χ1n) is 28.3. The van der Waals surface area contributed by atoms with Crippen molar-refractivity contribution in [3.8, 4) is 0 Å². The van der Waals surface area contributed by atoms with Crippen molar-refractivity contribution in [2.45, 2.75) is 361 Å². The third kappa shape index (κ3) is 53.7. The Hall–Kier alpha value is -0.330. The van der Waals surface area contributed by atoms with Crippen molar-refractivity contribution < 1.29 is 4.79 Å². The fourth-order valence-corrected chi connectivity index (χ4v) is 9.40. The molecule has 0 radical (unpaired) electrons. The van der Waals surface area contributed by atoms with Crippen molar-refractivity contribution >= 4 is 5.78 Å². The molecule has 0 aromatic carbocycles. The summed E-state index contributed by atoms with van der Waals surface area (Å²) in [6.07, 6.45) is 76.2. The van der Waals surface area contributed by atoms with Crippen molar-refractivity contribution in [2.75, 3.05) is 0 Å². The second kappa shape index (κ2) is 54.7. The van der Waals surface area contributed by atoms with Gasteiger partial charge in [-0.3, -0.25) is 4.79 Å². The van der Waals surface area contributed by atoms with Gasteiger partial charge in [0, 0.05) is 12.8 Å². The van der Waals surface area contributed by atoms with Gasteiger partial charge >= 0.3 is 0 Å². The number of unbranched alkanes of at least 4 members (excludes halogenated alkanes) is 50. The maximum atomic E-state index is 12.3. The lowest BCUT2D eigenvalue weighted by Crippen LogP contribution is -1.97. The molecule has 0 fully saturated rings. The van der Waals surface area contributed by atoms with E-state index < -0.39 is 0 Å². The molecule has 0 aliphatic rings. The van der Waals surface area contributed by atoms with E-state index in [0.29, 0.717) is 5.78 Å². The summed E-state index contributed by atoms with van der Waals surface area (Å²) < 4.78 is 0. The number of hydrogen-bond acceptors (Lipinski definition) is 1. The molecule has 0 aliphatic heterocycles. The monoisotopic (exact) mass is 815 g/mol. The molecule has 0 atom stereocenters. The molecule has 58 heavy (non-hydrogen) atoms. The maximum Gasteiger partial charge on any atom is 0.132 e. The number of hydrogen-bond donors (Lipinski definition) is 0. The first-order valence-corrected chi connectivity index (χ1v) is 28.3. The van der Waals surface area contributed by atoms with Gasteiger partial charge in [-0.25, -0.2) is 0 Å². The van der Waals surface area contributed by atoms with Crippen molar-refractivity contribution in [2.24, 2.45) is 0 Å². The maximum absolute atomic E-state index is 12.3. The molecule has 0 aromatic rings. The smallest absolute Gasteiger partial charge is 0.132 e. The lowest BCUT2D eigenvalue weighted by molar-refractivity contribution is -0.119. The number of ketones is 1. The van der Waals surface area contributed by atoms with Crippen molar-refractivity contribution in [3.05, 3.63) is 0 Å². The fourth-order valence-electron chi connectivity index (χ4n) is 9.40. The van der Waals surface area contributed by atoms with Gasteiger partial charge in [0.25, 0.3) is 0 Å². The Balaban J connectivity index is 3.14. The summed E-state index contributed by atoms with van der Waals surface area (Å²) in [5.74, 6) is 0.536. The van der Waals surface area contributed by atoms with E-state index in [0.717, 1.165) is 25.7 Å². The number of carbonyl (C=O) groups excluding carboxylic acids is 1. The van der Waals surface area contributed by atoms with E-state index in [2.05, 4.69) is 13.8 Å². The highest BCUT2D eigenvalue weighted by Gasteiger charge is 2.03. The summed E-state index contributed by atoms with van der Waals surface area (Å²) >= 11 is 0. The van der Waals surface area contributed by atoms with E-state index in [1.807, 2.05) is 0 Å². The van der Waals surface area contributed by atoms with Crippen LogP contribution in [0.2, 0.25) is 0 Å². The van der Waals surface area contributed by atoms with Crippen LogP contribution in [0.5, 0.6) is 0 Å². The average Bonchev–Trinajstić information content (AvgIpc) is 3.23. The highest BCUT2D eigenvalue weighted by atomic mass is 16.1. The summed E-state index contributed by atoms with van der Waals surface area (Å²) in [5, 5.41) is 0. The van der Waals surface area contributed by atoms with Gasteiger partial charge < -0.3 is 0 Å². The summed E-state index contributed by atoms with van der Waals surface area (Å²) in [6, 6.07) is 0. The molecule has 348 valence electrons. The van der Waals surface area contributed by atoms with E-state index in [-0.39, 0.29) is 0 Å². The van der Waals surface area contributed by atoms with Gasteiger partial charge in [0.15, 0.2) is 0 Å². The average molecular weight is 816 g/mol. The normalized spacial score (nSPS) is 11.6. The Bertz CT molecular complexity index is 712. The third-order valence-electron chi connectivity index (χ3n) is 13.6. The van der Waals surface area contributed by atoms with Crippen LogP contribution in [0.4, 0.5) is 0 Å². The highest BCUT2D eigenvalue weighted by Crippen LogP contribution is 2.19. The van der Waals surface area contributed by atoms with E-state index in [1.54, 1.807) is 0 Å². The van der Waals surface area contributed by atoms with Gasteiger partial charge in [-0.2, -0.15) is 0 Å². The zero-order valence-corrected chi connectivity index (χ0v) is 41.1. The molecule has 0 amide bonds. The van der Waals surface area contributed by atoms with Crippen LogP contribution in [0, 0.1) is 0 Å². The molecule has 0 rings (SSSR count). The molecular weight excluding hydrogens is 701 g/mol. The molecule has 0 unspecified atom stereocenters. The number of carbonyl (C=O) groups is 1. The van der Waals surface area contributed by atoms with Crippen molar-refractivity contribution in [1.82, 2.24) is 0 Å². The van der Waals surface area contributed by atoms with Crippen molar-refractivity contribution in [3.63, 3.8) is 0 Å². The van der Waals surface area contributed by atoms with E-state index in [9.17, 15) is 4.79 Å². The van der Waals surface area contributed by atoms with Gasteiger partial charge in [-0.05, 0) is 12.8 Å². The molecule has 0 saturated heterocycles. The molecule has 1 nitrogen and oxygen atoms in total. The molecule has 0 aliphatic carbocycles. The minimum Gasteiger partial charge on any atom is -0.300 e. The lowest BCUT2D eigenvalue weighted by Gasteiger charge is -2.05. The summed E-state index contributed by atoms with van der Waals surface area (Å²) in [5.41, 5.74) is 0. The molecule has 0 N–H and O–H groups in total. The molecular formula is C57H114O. The van der Waals surface area contributed by atoms with Crippen LogP contribution in [-0.2, 0) is 4.79 Å². The predicted octanol–water partition coefficient (Wildman–Crippen LogP) is 21.7. The Kier molecular flexibility index (Phi) is 54.4. The van der Waals surface area contributed by atoms with Crippen molar-refractivity contribution in [1.29, 1.82) is 0 Å². The fraction of sp³-hybridized carbons (Fsp3) is 0.982. The second-order valence-corrected chi connectivity index (χ2v) is 19.7. The van der Waals surface area contributed by atoms with E-state index in [4.69, 9.17) is 0 Å². The zero-order chi connectivity index (χ0) is 41.8. The second-order valence-electron chi connectivity index (χ2n) is 19.7. The summed E-state index contributed by atoms with van der Waals surface area (Å²) in [6.45, 7) is 4.62. The Labute approximate surface area is 369 Å². The first kappa shape index (κ1) is 57.7. The molecule has 0 aromatic heterocycles. The van der Waals surface area contributed by atoms with Gasteiger partial charge in [0.05, 0.1) is 0 Å². The van der Waals surface area contributed by atoms with Crippen LogP contribution in [0.1, 0.15) is 361 Å². The standard InChI is InChI=1S/C57H114O/c1-3-5-7-9-11-13-15-17-19-21-23-25-27-29-30-31-32-34-36-38-40-42-44-46-48-50-52-54-56-57(58)55-53-51-49-47-45-43-41-39-37-35-33-28-26-24-22-20-18-16-14-12-10-8-6-4-2/h3-56H2,1-2H3. The van der Waals surface area contributed by atoms with Gasteiger partial charge in [-0.15, -0.1) is 0 Å². The third-order valence-corrected chi connectivity index (χ3v) is 13.6. The first-order chi connectivity index (χ1) is 28.8. The molecule has 1 heteroatoms.